The van der Waals surface area contributed by atoms with E-state index >= 15 is 0 Å². The zero-order valence-corrected chi connectivity index (χ0v) is 13.3. The van der Waals surface area contributed by atoms with Crippen molar-refractivity contribution in [2.75, 3.05) is 6.54 Å². The largest absolute Gasteiger partial charge is 0.325 e. The molecule has 0 radical (unpaired) electrons. The number of nitrogens with zero attached hydrogens (tertiary/aromatic N) is 1. The Kier molecular flexibility index (Phi) is 3.97. The van der Waals surface area contributed by atoms with Crippen LogP contribution in [0.2, 0.25) is 0 Å². The lowest BCUT2D eigenvalue weighted by atomic mass is 9.81. The average molecular weight is 266 g/mol. The van der Waals surface area contributed by atoms with Gasteiger partial charge in [-0.15, -0.1) is 0 Å². The van der Waals surface area contributed by atoms with Crippen LogP contribution < -0.4 is 5.32 Å². The first kappa shape index (κ1) is 14.8. The molecule has 1 saturated carbocycles. The van der Waals surface area contributed by atoms with Crippen LogP contribution in [0.15, 0.2) is 0 Å². The van der Waals surface area contributed by atoms with E-state index in [4.69, 9.17) is 0 Å². The van der Waals surface area contributed by atoms with Gasteiger partial charge in [0.15, 0.2) is 0 Å². The molecule has 0 aromatic carbocycles. The lowest BCUT2D eigenvalue weighted by Crippen LogP contribution is -2.44. The lowest BCUT2D eigenvalue weighted by molar-refractivity contribution is -0.134. The maximum absolute atomic E-state index is 12.8. The van der Waals surface area contributed by atoms with Crippen molar-refractivity contribution in [3.8, 4) is 0 Å². The fraction of sp³-hybridized carbons (Fsp3) is 0.938. The summed E-state index contributed by atoms with van der Waals surface area (Å²) < 4.78 is 0. The summed E-state index contributed by atoms with van der Waals surface area (Å²) in [7, 11) is 0. The Morgan fingerprint density at radius 3 is 2.42 bits per heavy atom. The van der Waals surface area contributed by atoms with Gasteiger partial charge < -0.3 is 4.90 Å². The highest BCUT2D eigenvalue weighted by Crippen LogP contribution is 2.38. The van der Waals surface area contributed by atoms with E-state index in [1.165, 1.54) is 12.8 Å². The molecule has 1 heterocycles. The summed E-state index contributed by atoms with van der Waals surface area (Å²) in [4.78, 5) is 15.0. The van der Waals surface area contributed by atoms with Crippen LogP contribution in [-0.4, -0.2) is 29.1 Å². The van der Waals surface area contributed by atoms with E-state index in [0.717, 1.165) is 25.8 Å². The van der Waals surface area contributed by atoms with Crippen molar-refractivity contribution in [2.45, 2.75) is 78.4 Å². The van der Waals surface area contributed by atoms with Gasteiger partial charge in [0, 0.05) is 6.54 Å². The molecule has 110 valence electrons. The highest BCUT2D eigenvalue weighted by Gasteiger charge is 2.52. The Balaban J connectivity index is 2.12. The van der Waals surface area contributed by atoms with Gasteiger partial charge in [-0.2, -0.15) is 0 Å². The number of nitrogens with one attached hydrogen (secondary N) is 1. The van der Waals surface area contributed by atoms with Gasteiger partial charge in [-0.1, -0.05) is 47.5 Å². The molecule has 1 aliphatic heterocycles. The molecule has 1 amide bonds. The van der Waals surface area contributed by atoms with E-state index in [2.05, 4.69) is 44.8 Å². The Morgan fingerprint density at radius 1 is 1.37 bits per heavy atom. The topological polar surface area (TPSA) is 32.3 Å². The first-order valence-electron chi connectivity index (χ1n) is 7.89. The molecule has 1 N–H and O–H groups in total. The first-order valence-corrected chi connectivity index (χ1v) is 7.89. The van der Waals surface area contributed by atoms with Gasteiger partial charge in [-0.05, 0) is 30.6 Å². The van der Waals surface area contributed by atoms with Crippen molar-refractivity contribution >= 4 is 5.91 Å². The number of carbonyl (C=O) groups is 1. The highest BCUT2D eigenvalue weighted by atomic mass is 16.2. The third-order valence-electron chi connectivity index (χ3n) is 5.28. The number of amides is 1. The van der Waals surface area contributed by atoms with E-state index in [1.807, 2.05) is 0 Å². The van der Waals surface area contributed by atoms with E-state index in [1.54, 1.807) is 0 Å². The molecular formula is C16H30N2O. The van der Waals surface area contributed by atoms with Gasteiger partial charge in [-0.25, -0.2) is 0 Å². The SMILES string of the molecule is CCC1NC2(CCCC2)C(=O)N1CC(C)C(C)(C)C. The number of hydrogen-bond acceptors (Lipinski definition) is 2. The third-order valence-corrected chi connectivity index (χ3v) is 5.28. The summed E-state index contributed by atoms with van der Waals surface area (Å²) in [6.45, 7) is 12.1. The zero-order chi connectivity index (χ0) is 14.3. The summed E-state index contributed by atoms with van der Waals surface area (Å²) in [6, 6.07) is 0. The molecular weight excluding hydrogens is 236 g/mol. The monoisotopic (exact) mass is 266 g/mol. The lowest BCUT2D eigenvalue weighted by Gasteiger charge is -2.33. The molecule has 2 rings (SSSR count). The summed E-state index contributed by atoms with van der Waals surface area (Å²) in [5.41, 5.74) is 0.0439. The minimum Gasteiger partial charge on any atom is -0.325 e. The molecule has 0 aromatic rings. The summed E-state index contributed by atoms with van der Waals surface area (Å²) in [6.07, 6.45) is 5.70. The van der Waals surface area contributed by atoms with E-state index in [0.29, 0.717) is 11.8 Å². The minimum absolute atomic E-state index is 0.210. The Labute approximate surface area is 118 Å². The predicted molar refractivity (Wildman–Crippen MR) is 78.7 cm³/mol. The fourth-order valence-corrected chi connectivity index (χ4v) is 3.31. The maximum atomic E-state index is 12.8. The van der Waals surface area contributed by atoms with Crippen LogP contribution in [-0.2, 0) is 4.79 Å². The first-order chi connectivity index (χ1) is 8.80. The number of carbonyl (C=O) groups excluding carboxylic acids is 1. The molecule has 3 nitrogen and oxygen atoms in total. The summed E-state index contributed by atoms with van der Waals surface area (Å²) in [5.74, 6) is 0.886. The van der Waals surface area contributed by atoms with Gasteiger partial charge in [0.2, 0.25) is 5.91 Å². The molecule has 2 unspecified atom stereocenters. The number of hydrogen-bond donors (Lipinski definition) is 1. The molecule has 2 fully saturated rings. The molecule has 0 bridgehead atoms. The van der Waals surface area contributed by atoms with Gasteiger partial charge in [-0.3, -0.25) is 10.1 Å². The molecule has 3 heteroatoms. The molecule has 0 aromatic heterocycles. The second-order valence-corrected chi connectivity index (χ2v) is 7.58. The van der Waals surface area contributed by atoms with Crippen LogP contribution in [0.1, 0.15) is 66.7 Å². The quantitative estimate of drug-likeness (QED) is 0.851. The van der Waals surface area contributed by atoms with E-state index in [-0.39, 0.29) is 17.1 Å². The van der Waals surface area contributed by atoms with Crippen molar-refractivity contribution in [1.29, 1.82) is 0 Å². The summed E-state index contributed by atoms with van der Waals surface area (Å²) in [5, 5.41) is 3.65. The van der Waals surface area contributed by atoms with Gasteiger partial charge >= 0.3 is 0 Å². The standard InChI is InChI=1S/C16H30N2O/c1-6-13-17-16(9-7-8-10-16)14(19)18(13)11-12(2)15(3,4)5/h12-13,17H,6-11H2,1-5H3. The molecule has 2 atom stereocenters. The third kappa shape index (κ3) is 2.67. The van der Waals surface area contributed by atoms with Crippen molar-refractivity contribution in [2.24, 2.45) is 11.3 Å². The highest BCUT2D eigenvalue weighted by molar-refractivity contribution is 5.89. The summed E-state index contributed by atoms with van der Waals surface area (Å²) >= 11 is 0. The van der Waals surface area contributed by atoms with Gasteiger partial charge in [0.1, 0.15) is 0 Å². The Morgan fingerprint density at radius 2 is 1.95 bits per heavy atom. The van der Waals surface area contributed by atoms with Gasteiger partial charge in [0.25, 0.3) is 0 Å². The van der Waals surface area contributed by atoms with Crippen LogP contribution in [0.3, 0.4) is 0 Å². The van der Waals surface area contributed by atoms with E-state index < -0.39 is 0 Å². The van der Waals surface area contributed by atoms with Gasteiger partial charge in [0.05, 0.1) is 11.7 Å². The molecule has 2 aliphatic rings. The Hall–Kier alpha value is -0.570. The van der Waals surface area contributed by atoms with Crippen LogP contribution in [0.25, 0.3) is 0 Å². The second kappa shape index (κ2) is 5.08. The van der Waals surface area contributed by atoms with Crippen molar-refractivity contribution < 1.29 is 4.79 Å². The zero-order valence-electron chi connectivity index (χ0n) is 13.3. The van der Waals surface area contributed by atoms with Crippen LogP contribution >= 0.6 is 0 Å². The fourth-order valence-electron chi connectivity index (χ4n) is 3.31. The normalized spacial score (nSPS) is 28.4. The predicted octanol–water partition coefficient (Wildman–Crippen LogP) is 3.15. The molecule has 1 spiro atoms. The second-order valence-electron chi connectivity index (χ2n) is 7.58. The van der Waals surface area contributed by atoms with Crippen molar-refractivity contribution in [3.05, 3.63) is 0 Å². The smallest absolute Gasteiger partial charge is 0.244 e. The van der Waals surface area contributed by atoms with E-state index in [9.17, 15) is 4.79 Å². The Bertz CT molecular complexity index is 339. The molecule has 19 heavy (non-hydrogen) atoms. The molecule has 1 saturated heterocycles. The molecule has 1 aliphatic carbocycles. The van der Waals surface area contributed by atoms with Crippen LogP contribution in [0, 0.1) is 11.3 Å². The van der Waals surface area contributed by atoms with Crippen LogP contribution in [0.4, 0.5) is 0 Å². The van der Waals surface area contributed by atoms with Crippen molar-refractivity contribution in [1.82, 2.24) is 10.2 Å². The average Bonchev–Trinajstić information content (AvgIpc) is 2.89. The van der Waals surface area contributed by atoms with Crippen LogP contribution in [0.5, 0.6) is 0 Å². The van der Waals surface area contributed by atoms with Crippen molar-refractivity contribution in [3.63, 3.8) is 0 Å². The number of rotatable bonds is 3. The minimum atomic E-state index is -0.210. The maximum Gasteiger partial charge on any atom is 0.244 e.